The molecule has 0 aliphatic carbocycles. The van der Waals surface area contributed by atoms with Crippen LogP contribution in [0.2, 0.25) is 0 Å². The van der Waals surface area contributed by atoms with E-state index in [1.54, 1.807) is 0 Å². The zero-order chi connectivity index (χ0) is 23.5. The summed E-state index contributed by atoms with van der Waals surface area (Å²) < 4.78 is 0. The maximum absolute atomic E-state index is 3.68. The molecule has 0 aliphatic heterocycles. The third-order valence-corrected chi connectivity index (χ3v) is 6.44. The van der Waals surface area contributed by atoms with E-state index in [1.807, 2.05) is 0 Å². The van der Waals surface area contributed by atoms with E-state index in [2.05, 4.69) is 151 Å². The quantitative estimate of drug-likeness (QED) is 0.277. The molecule has 0 aromatic heterocycles. The van der Waals surface area contributed by atoms with Gasteiger partial charge in [0.05, 0.1) is 0 Å². The van der Waals surface area contributed by atoms with Crippen LogP contribution in [0.4, 0.5) is 11.4 Å². The Balaban J connectivity index is 1.42. The maximum Gasteiger partial charge on any atom is 0.0464 e. The second-order valence-electron chi connectivity index (χ2n) is 8.76. The molecule has 0 spiro atoms. The number of rotatable bonds is 5. The Morgan fingerprint density at radius 3 is 1.71 bits per heavy atom. The average molecular weight is 448 g/mol. The minimum Gasteiger partial charge on any atom is -0.355 e. The fraction of sp³-hybridized carbons (Fsp3) is 0. The van der Waals surface area contributed by atoms with E-state index < -0.39 is 0 Å². The molecule has 0 heterocycles. The van der Waals surface area contributed by atoms with Crippen LogP contribution in [0.3, 0.4) is 0 Å². The molecule has 0 amide bonds. The van der Waals surface area contributed by atoms with Gasteiger partial charge in [0.1, 0.15) is 0 Å². The fourth-order valence-corrected chi connectivity index (χ4v) is 4.62. The highest BCUT2D eigenvalue weighted by Crippen LogP contribution is 2.36. The van der Waals surface area contributed by atoms with Crippen molar-refractivity contribution in [3.63, 3.8) is 0 Å². The van der Waals surface area contributed by atoms with Gasteiger partial charge in [0, 0.05) is 16.9 Å². The highest BCUT2D eigenvalue weighted by atomic mass is 14.9. The molecule has 0 bridgehead atoms. The Bertz CT molecular complexity index is 1600. The standard InChI is InChI=1S/C34H25N/c1-3-10-25(11-4-1)28-16-9-17-29(22-28)31-19-21-34(33(24-31)27-13-5-2-6-14-27)35-32-20-18-26-12-7-8-15-30(26)23-32/h1-24,35H. The zero-order valence-corrected chi connectivity index (χ0v) is 19.4. The van der Waals surface area contributed by atoms with Crippen LogP contribution in [0.1, 0.15) is 0 Å². The van der Waals surface area contributed by atoms with Crippen molar-refractivity contribution in [2.75, 3.05) is 5.32 Å². The van der Waals surface area contributed by atoms with Crippen molar-refractivity contribution in [1.82, 2.24) is 0 Å². The van der Waals surface area contributed by atoms with E-state index in [-0.39, 0.29) is 0 Å². The van der Waals surface area contributed by atoms with Crippen LogP contribution in [0.15, 0.2) is 146 Å². The normalized spacial score (nSPS) is 10.9. The van der Waals surface area contributed by atoms with Crippen LogP contribution in [0, 0.1) is 0 Å². The fourth-order valence-electron chi connectivity index (χ4n) is 4.62. The van der Waals surface area contributed by atoms with E-state index in [0.717, 1.165) is 11.4 Å². The molecule has 0 radical (unpaired) electrons. The molecule has 1 nitrogen and oxygen atoms in total. The molecule has 0 saturated carbocycles. The van der Waals surface area contributed by atoms with Crippen LogP contribution in [-0.4, -0.2) is 0 Å². The summed E-state index contributed by atoms with van der Waals surface area (Å²) in [6.07, 6.45) is 0. The van der Waals surface area contributed by atoms with E-state index in [4.69, 9.17) is 0 Å². The first-order chi connectivity index (χ1) is 17.3. The van der Waals surface area contributed by atoms with Gasteiger partial charge in [-0.15, -0.1) is 0 Å². The number of benzene rings is 6. The Hall–Kier alpha value is -4.62. The van der Waals surface area contributed by atoms with Crippen molar-refractivity contribution in [3.05, 3.63) is 146 Å². The molecule has 6 rings (SSSR count). The molecule has 0 unspecified atom stereocenters. The van der Waals surface area contributed by atoms with Crippen molar-refractivity contribution in [1.29, 1.82) is 0 Å². The van der Waals surface area contributed by atoms with Gasteiger partial charge in [0.25, 0.3) is 0 Å². The lowest BCUT2D eigenvalue weighted by Gasteiger charge is -2.16. The Morgan fingerprint density at radius 2 is 0.943 bits per heavy atom. The SMILES string of the molecule is c1ccc(-c2cccc(-c3ccc(Nc4ccc5ccccc5c4)c(-c4ccccc4)c3)c2)cc1. The molecule has 1 N–H and O–H groups in total. The molecule has 1 heteroatoms. The number of anilines is 2. The first kappa shape index (κ1) is 20.9. The van der Waals surface area contributed by atoms with Gasteiger partial charge in [0.2, 0.25) is 0 Å². The molecule has 0 fully saturated rings. The van der Waals surface area contributed by atoms with Gasteiger partial charge in [-0.1, -0.05) is 115 Å². The van der Waals surface area contributed by atoms with Crippen molar-refractivity contribution >= 4 is 22.1 Å². The lowest BCUT2D eigenvalue weighted by molar-refractivity contribution is 1.53. The van der Waals surface area contributed by atoms with Gasteiger partial charge in [-0.2, -0.15) is 0 Å². The molecular weight excluding hydrogens is 422 g/mol. The third kappa shape index (κ3) is 4.45. The molecule has 6 aromatic rings. The van der Waals surface area contributed by atoms with Gasteiger partial charge in [-0.05, 0) is 68.9 Å². The van der Waals surface area contributed by atoms with Gasteiger partial charge >= 0.3 is 0 Å². The maximum atomic E-state index is 3.68. The summed E-state index contributed by atoms with van der Waals surface area (Å²) in [5.74, 6) is 0. The molecule has 0 saturated heterocycles. The number of hydrogen-bond acceptors (Lipinski definition) is 1. The van der Waals surface area contributed by atoms with Crippen LogP contribution in [0.5, 0.6) is 0 Å². The Labute approximate surface area is 206 Å². The summed E-state index contributed by atoms with van der Waals surface area (Å²) in [6.45, 7) is 0. The minimum atomic E-state index is 1.08. The van der Waals surface area contributed by atoms with E-state index in [9.17, 15) is 0 Å². The molecule has 6 aromatic carbocycles. The summed E-state index contributed by atoms with van der Waals surface area (Å²) in [5.41, 5.74) is 9.41. The minimum absolute atomic E-state index is 1.08. The second kappa shape index (κ2) is 9.32. The van der Waals surface area contributed by atoms with E-state index >= 15 is 0 Å². The van der Waals surface area contributed by atoms with E-state index in [0.29, 0.717) is 0 Å². The lowest BCUT2D eigenvalue weighted by Crippen LogP contribution is -1.94. The summed E-state index contributed by atoms with van der Waals surface area (Å²) in [4.78, 5) is 0. The van der Waals surface area contributed by atoms with Gasteiger partial charge in [0.15, 0.2) is 0 Å². The number of hydrogen-bond donors (Lipinski definition) is 1. The van der Waals surface area contributed by atoms with Crippen LogP contribution >= 0.6 is 0 Å². The largest absolute Gasteiger partial charge is 0.355 e. The molecule has 166 valence electrons. The highest BCUT2D eigenvalue weighted by molar-refractivity contribution is 5.90. The van der Waals surface area contributed by atoms with Crippen LogP contribution in [-0.2, 0) is 0 Å². The third-order valence-electron chi connectivity index (χ3n) is 6.44. The number of fused-ring (bicyclic) bond motifs is 1. The first-order valence-corrected chi connectivity index (χ1v) is 11.9. The predicted octanol–water partition coefficient (Wildman–Crippen LogP) is 9.58. The van der Waals surface area contributed by atoms with Gasteiger partial charge < -0.3 is 5.32 Å². The first-order valence-electron chi connectivity index (χ1n) is 11.9. The second-order valence-corrected chi connectivity index (χ2v) is 8.76. The molecule has 0 aliphatic rings. The summed E-state index contributed by atoms with van der Waals surface area (Å²) >= 11 is 0. The molecular formula is C34H25N. The smallest absolute Gasteiger partial charge is 0.0464 e. The Kier molecular flexibility index (Phi) is 5.58. The molecule has 0 atom stereocenters. The van der Waals surface area contributed by atoms with Gasteiger partial charge in [-0.25, -0.2) is 0 Å². The monoisotopic (exact) mass is 447 g/mol. The zero-order valence-electron chi connectivity index (χ0n) is 19.4. The van der Waals surface area contributed by atoms with Crippen molar-refractivity contribution in [2.45, 2.75) is 0 Å². The summed E-state index contributed by atoms with van der Waals surface area (Å²) in [7, 11) is 0. The Morgan fingerprint density at radius 1 is 0.343 bits per heavy atom. The van der Waals surface area contributed by atoms with Crippen molar-refractivity contribution < 1.29 is 0 Å². The highest BCUT2D eigenvalue weighted by Gasteiger charge is 2.10. The van der Waals surface area contributed by atoms with Crippen LogP contribution < -0.4 is 5.32 Å². The van der Waals surface area contributed by atoms with Crippen LogP contribution in [0.25, 0.3) is 44.2 Å². The lowest BCUT2D eigenvalue weighted by atomic mass is 9.95. The summed E-state index contributed by atoms with van der Waals surface area (Å²) in [6, 6.07) is 51.6. The van der Waals surface area contributed by atoms with Crippen molar-refractivity contribution in [2.24, 2.45) is 0 Å². The average Bonchev–Trinajstić information content (AvgIpc) is 2.94. The summed E-state index contributed by atoms with van der Waals surface area (Å²) in [5, 5.41) is 6.15. The molecule has 35 heavy (non-hydrogen) atoms. The number of nitrogens with one attached hydrogen (secondary N) is 1. The van der Waals surface area contributed by atoms with Crippen molar-refractivity contribution in [3.8, 4) is 33.4 Å². The topological polar surface area (TPSA) is 12.0 Å². The van der Waals surface area contributed by atoms with Gasteiger partial charge in [-0.3, -0.25) is 0 Å². The predicted molar refractivity (Wildman–Crippen MR) is 150 cm³/mol. The van der Waals surface area contributed by atoms with E-state index in [1.165, 1.54) is 44.2 Å².